The van der Waals surface area contributed by atoms with Gasteiger partial charge in [0.2, 0.25) is 0 Å². The van der Waals surface area contributed by atoms with Crippen molar-refractivity contribution in [3.63, 3.8) is 0 Å². The maximum Gasteiger partial charge on any atom is 0.262 e. The summed E-state index contributed by atoms with van der Waals surface area (Å²) in [5, 5.41) is 13.9. The van der Waals surface area contributed by atoms with E-state index in [1.165, 1.54) is 0 Å². The number of fused-ring (bicyclic) bond motifs is 1. The molecule has 0 radical (unpaired) electrons. The largest absolute Gasteiger partial charge is 0.348 e. The predicted molar refractivity (Wildman–Crippen MR) is 92.7 cm³/mol. The summed E-state index contributed by atoms with van der Waals surface area (Å²) in [6.07, 6.45) is 1.93. The van der Waals surface area contributed by atoms with Gasteiger partial charge in [0.05, 0.1) is 11.5 Å². The van der Waals surface area contributed by atoms with Gasteiger partial charge in [-0.15, -0.1) is 0 Å². The Morgan fingerprint density at radius 3 is 2.67 bits per heavy atom. The summed E-state index contributed by atoms with van der Waals surface area (Å²) < 4.78 is 22.9. The van der Waals surface area contributed by atoms with Crippen LogP contribution in [0, 0.1) is 11.3 Å². The zero-order chi connectivity index (χ0) is 17.2. The Hall–Kier alpha value is -2.65. The Bertz CT molecular complexity index is 966. The third kappa shape index (κ3) is 3.47. The number of nitriles is 1. The molecule has 0 aromatic heterocycles. The number of nitrogens with zero attached hydrogens (tertiary/aromatic N) is 1. The van der Waals surface area contributed by atoms with Crippen LogP contribution in [-0.4, -0.2) is 31.9 Å². The Labute approximate surface area is 140 Å². The fourth-order valence-corrected chi connectivity index (χ4v) is 4.53. The standard InChI is InChI=1S/C18H16N2O3S/c19-11-15(18(21)20-16-8-9-24(22,23)12-16)10-14-6-3-5-13-4-1-2-7-17(13)14/h1-7,10,16H,8-9,12H2,(H,20,21). The zero-order valence-electron chi connectivity index (χ0n) is 12.9. The number of carbonyl (C=O) groups excluding carboxylic acids is 1. The van der Waals surface area contributed by atoms with Gasteiger partial charge < -0.3 is 5.32 Å². The molecule has 1 amide bonds. The van der Waals surface area contributed by atoms with Crippen molar-refractivity contribution in [2.45, 2.75) is 12.5 Å². The smallest absolute Gasteiger partial charge is 0.262 e. The van der Waals surface area contributed by atoms with Crippen molar-refractivity contribution < 1.29 is 13.2 Å². The summed E-state index contributed by atoms with van der Waals surface area (Å²) in [7, 11) is -3.08. The second kappa shape index (κ2) is 6.46. The van der Waals surface area contributed by atoms with Crippen molar-refractivity contribution in [2.24, 2.45) is 0 Å². The normalized spacial score (nSPS) is 19.8. The van der Waals surface area contributed by atoms with Crippen molar-refractivity contribution in [1.82, 2.24) is 5.32 Å². The Balaban J connectivity index is 1.86. The van der Waals surface area contributed by atoms with Gasteiger partial charge in [-0.25, -0.2) is 8.42 Å². The van der Waals surface area contributed by atoms with E-state index in [0.717, 1.165) is 16.3 Å². The first-order valence-corrected chi connectivity index (χ1v) is 9.41. The predicted octanol–water partition coefficient (Wildman–Crippen LogP) is 2.05. The quantitative estimate of drug-likeness (QED) is 0.684. The molecule has 1 aliphatic heterocycles. The lowest BCUT2D eigenvalue weighted by molar-refractivity contribution is -0.117. The van der Waals surface area contributed by atoms with E-state index in [1.54, 1.807) is 6.08 Å². The van der Waals surface area contributed by atoms with Crippen molar-refractivity contribution >= 4 is 32.6 Å². The van der Waals surface area contributed by atoms with Gasteiger partial charge in [0.1, 0.15) is 11.6 Å². The van der Waals surface area contributed by atoms with Gasteiger partial charge in [-0.1, -0.05) is 42.5 Å². The van der Waals surface area contributed by atoms with Gasteiger partial charge in [-0.3, -0.25) is 4.79 Å². The molecule has 2 aromatic rings. The van der Waals surface area contributed by atoms with Crippen LogP contribution in [0.4, 0.5) is 0 Å². The third-order valence-corrected chi connectivity index (χ3v) is 5.82. The van der Waals surface area contributed by atoms with Gasteiger partial charge in [-0.05, 0) is 28.8 Å². The van der Waals surface area contributed by atoms with E-state index in [4.69, 9.17) is 0 Å². The summed E-state index contributed by atoms with van der Waals surface area (Å²) in [6, 6.07) is 14.9. The van der Waals surface area contributed by atoms with E-state index in [9.17, 15) is 18.5 Å². The lowest BCUT2D eigenvalue weighted by Gasteiger charge is -2.10. The lowest BCUT2D eigenvalue weighted by Crippen LogP contribution is -2.36. The second-order valence-electron chi connectivity index (χ2n) is 5.81. The topological polar surface area (TPSA) is 87.0 Å². The minimum absolute atomic E-state index is 0.0318. The minimum atomic E-state index is -3.08. The second-order valence-corrected chi connectivity index (χ2v) is 8.04. The number of rotatable bonds is 3. The van der Waals surface area contributed by atoms with Crippen LogP contribution in [0.2, 0.25) is 0 Å². The Morgan fingerprint density at radius 2 is 1.96 bits per heavy atom. The molecule has 5 nitrogen and oxygen atoms in total. The fraction of sp³-hybridized carbons (Fsp3) is 0.222. The molecule has 0 saturated carbocycles. The molecule has 0 bridgehead atoms. The van der Waals surface area contributed by atoms with Crippen LogP contribution in [0.25, 0.3) is 16.8 Å². The number of carbonyl (C=O) groups is 1. The first-order chi connectivity index (χ1) is 11.5. The third-order valence-electron chi connectivity index (χ3n) is 4.06. The fourth-order valence-electron chi connectivity index (χ4n) is 2.85. The van der Waals surface area contributed by atoms with E-state index in [2.05, 4.69) is 5.32 Å². The summed E-state index contributed by atoms with van der Waals surface area (Å²) >= 11 is 0. The highest BCUT2D eigenvalue weighted by Crippen LogP contribution is 2.21. The van der Waals surface area contributed by atoms with Gasteiger partial charge >= 0.3 is 0 Å². The summed E-state index contributed by atoms with van der Waals surface area (Å²) in [5.74, 6) is -0.522. The maximum atomic E-state index is 12.3. The molecule has 1 atom stereocenters. The zero-order valence-corrected chi connectivity index (χ0v) is 13.7. The van der Waals surface area contributed by atoms with Crippen LogP contribution >= 0.6 is 0 Å². The maximum absolute atomic E-state index is 12.3. The summed E-state index contributed by atoms with van der Waals surface area (Å²) in [6.45, 7) is 0. The highest BCUT2D eigenvalue weighted by Gasteiger charge is 2.29. The van der Waals surface area contributed by atoms with Crippen molar-refractivity contribution in [3.05, 3.63) is 53.6 Å². The summed E-state index contributed by atoms with van der Waals surface area (Å²) in [4.78, 5) is 12.3. The average molecular weight is 340 g/mol. The van der Waals surface area contributed by atoms with Crippen LogP contribution in [-0.2, 0) is 14.6 Å². The molecule has 1 fully saturated rings. The molecular weight excluding hydrogens is 324 g/mol. The minimum Gasteiger partial charge on any atom is -0.348 e. The molecule has 1 heterocycles. The van der Waals surface area contributed by atoms with Crippen molar-refractivity contribution in [1.29, 1.82) is 5.26 Å². The van der Waals surface area contributed by atoms with Gasteiger partial charge in [0, 0.05) is 6.04 Å². The molecule has 6 heteroatoms. The monoisotopic (exact) mass is 340 g/mol. The van der Waals surface area contributed by atoms with Gasteiger partial charge in [0.15, 0.2) is 9.84 Å². The molecule has 1 aliphatic rings. The first-order valence-electron chi connectivity index (χ1n) is 7.59. The number of benzene rings is 2. The number of amides is 1. The molecular formula is C18H16N2O3S. The van der Waals surface area contributed by atoms with Crippen LogP contribution in [0.1, 0.15) is 12.0 Å². The Kier molecular flexibility index (Phi) is 4.36. The molecule has 24 heavy (non-hydrogen) atoms. The van der Waals surface area contributed by atoms with Crippen LogP contribution in [0.15, 0.2) is 48.0 Å². The van der Waals surface area contributed by atoms with Gasteiger partial charge in [0.25, 0.3) is 5.91 Å². The molecule has 1 saturated heterocycles. The molecule has 122 valence electrons. The number of hydrogen-bond donors (Lipinski definition) is 1. The van der Waals surface area contributed by atoms with Crippen molar-refractivity contribution in [3.8, 4) is 6.07 Å². The highest BCUT2D eigenvalue weighted by atomic mass is 32.2. The molecule has 0 spiro atoms. The molecule has 2 aromatic carbocycles. The van der Waals surface area contributed by atoms with Crippen LogP contribution in [0.3, 0.4) is 0 Å². The Morgan fingerprint density at radius 1 is 1.21 bits per heavy atom. The number of hydrogen-bond acceptors (Lipinski definition) is 4. The van der Waals surface area contributed by atoms with E-state index >= 15 is 0 Å². The van der Waals surface area contributed by atoms with E-state index in [-0.39, 0.29) is 17.1 Å². The summed E-state index contributed by atoms with van der Waals surface area (Å²) in [5.41, 5.74) is 0.745. The van der Waals surface area contributed by atoms with Gasteiger partial charge in [-0.2, -0.15) is 5.26 Å². The first kappa shape index (κ1) is 16.2. The molecule has 0 aliphatic carbocycles. The van der Waals surface area contributed by atoms with Crippen LogP contribution < -0.4 is 5.32 Å². The molecule has 1 unspecified atom stereocenters. The number of sulfone groups is 1. The van der Waals surface area contributed by atoms with Crippen molar-refractivity contribution in [2.75, 3.05) is 11.5 Å². The lowest BCUT2D eigenvalue weighted by atomic mass is 10.0. The van der Waals surface area contributed by atoms with E-state index in [1.807, 2.05) is 48.5 Å². The van der Waals surface area contributed by atoms with E-state index in [0.29, 0.717) is 6.42 Å². The van der Waals surface area contributed by atoms with Crippen LogP contribution in [0.5, 0.6) is 0 Å². The highest BCUT2D eigenvalue weighted by molar-refractivity contribution is 7.91. The molecule has 3 rings (SSSR count). The SMILES string of the molecule is N#CC(=Cc1cccc2ccccc12)C(=O)NC1CCS(=O)(=O)C1. The number of nitrogens with one attached hydrogen (secondary N) is 1. The van der Waals surface area contributed by atoms with E-state index < -0.39 is 21.8 Å². The molecule has 1 N–H and O–H groups in total. The average Bonchev–Trinajstić information content (AvgIpc) is 2.91.